The Kier molecular flexibility index (Phi) is 13.3. The first-order valence-corrected chi connectivity index (χ1v) is 26.2. The summed E-state index contributed by atoms with van der Waals surface area (Å²) in [4.78, 5) is 40.4. The highest BCUT2D eigenvalue weighted by atomic mass is 35.5. The normalized spacial score (nSPS) is 19.8. The molecule has 67 heavy (non-hydrogen) atoms. The largest absolute Gasteiger partial charge is 0.377 e. The first-order chi connectivity index (χ1) is 32.1. The van der Waals surface area contributed by atoms with E-state index in [1.54, 1.807) is 23.1 Å². The molecule has 19 heteroatoms. The minimum Gasteiger partial charge on any atom is -0.377 e. The first kappa shape index (κ1) is 46.5. The van der Waals surface area contributed by atoms with Crippen molar-refractivity contribution in [3.8, 4) is 5.69 Å². The molecule has 2 saturated heterocycles. The summed E-state index contributed by atoms with van der Waals surface area (Å²) in [7, 11) is -1.56. The van der Waals surface area contributed by atoms with E-state index in [4.69, 9.17) is 21.3 Å². The topological polar surface area (TPSA) is 184 Å². The number of nitrogens with zero attached hydrogens (tertiary/aromatic N) is 7. The molecule has 1 amide bonds. The standard InChI is InChI=1S/C48H57ClN10O6SSi/c1-48(2)14-12-33(39(25-48)31-4-6-35(49)7-5-31)29-56-16-18-57(19-17-56)36-8-10-38(42(23-36)58-43-22-32-13-15-50-46(32)53-41(43)26-52-58)47(60)54-66(63,64)37-9-11-40(44(24-37)59(61)62)51-27-45-34(30-67)28-55(3)20-21-65-45/h4-11,13,15,22-24,26,34,45,51H,12,14,16-21,25,27-30H2,1-3,67H3,(H,50,53)(H,54,60)/t34?,45-/m0/s1. The van der Waals surface area contributed by atoms with Crippen LogP contribution in [0.3, 0.4) is 0 Å². The number of carbonyl (C=O) groups is 1. The number of piperazine rings is 1. The number of allylic oxidation sites excluding steroid dienone is 1. The van der Waals surface area contributed by atoms with Crippen LogP contribution in [0.2, 0.25) is 11.1 Å². The molecule has 0 saturated carbocycles. The Morgan fingerprint density at radius 2 is 1.84 bits per heavy atom. The van der Waals surface area contributed by atoms with Crippen LogP contribution < -0.4 is 14.9 Å². The van der Waals surface area contributed by atoms with Crippen molar-refractivity contribution in [3.63, 3.8) is 0 Å². The molecule has 1 aliphatic carbocycles. The number of benzene rings is 3. The number of hydrogen-bond donors (Lipinski definition) is 3. The third-order valence-corrected chi connectivity index (χ3v) is 16.3. The second kappa shape index (κ2) is 19.2. The van der Waals surface area contributed by atoms with Gasteiger partial charge in [-0.05, 0) is 103 Å². The number of halogens is 1. The Morgan fingerprint density at radius 3 is 2.60 bits per heavy atom. The zero-order valence-corrected chi connectivity index (χ0v) is 41.9. The van der Waals surface area contributed by atoms with E-state index in [1.807, 2.05) is 36.4 Å². The average Bonchev–Trinajstić information content (AvgIpc) is 3.90. The fraction of sp³-hybridized carbons (Fsp3) is 0.396. The van der Waals surface area contributed by atoms with Crippen LogP contribution in [-0.2, 0) is 14.8 Å². The Bertz CT molecular complexity index is 2970. The molecular weight excluding hydrogens is 908 g/mol. The van der Waals surface area contributed by atoms with Crippen molar-refractivity contribution in [1.29, 1.82) is 0 Å². The van der Waals surface area contributed by atoms with Crippen molar-refractivity contribution >= 4 is 82.5 Å². The Balaban J connectivity index is 0.966. The minimum absolute atomic E-state index is 0.0439. The molecular formula is C48H57ClN10O6SSi. The summed E-state index contributed by atoms with van der Waals surface area (Å²) in [6.45, 7) is 11.2. The van der Waals surface area contributed by atoms with Gasteiger partial charge in [0, 0.05) is 91.0 Å². The molecule has 1 unspecified atom stereocenters. The summed E-state index contributed by atoms with van der Waals surface area (Å²) in [6, 6.07) is 21.9. The van der Waals surface area contributed by atoms with Gasteiger partial charge in [0.25, 0.3) is 21.6 Å². The van der Waals surface area contributed by atoms with Crippen molar-refractivity contribution in [2.45, 2.75) is 50.2 Å². The molecule has 3 aromatic carbocycles. The molecule has 2 fully saturated rings. The van der Waals surface area contributed by atoms with E-state index in [0.29, 0.717) is 35.5 Å². The number of likely N-dealkylation sites (N-methyl/N-ethyl adjacent to an activating group) is 1. The number of pyridine rings is 1. The van der Waals surface area contributed by atoms with Gasteiger partial charge in [-0.1, -0.05) is 49.2 Å². The molecule has 3 aliphatic rings. The van der Waals surface area contributed by atoms with Crippen LogP contribution >= 0.6 is 11.6 Å². The van der Waals surface area contributed by atoms with Crippen molar-refractivity contribution < 1.29 is 22.9 Å². The van der Waals surface area contributed by atoms with Gasteiger partial charge in [0.05, 0.1) is 45.5 Å². The molecule has 5 heterocycles. The number of fused-ring (bicyclic) bond motifs is 2. The van der Waals surface area contributed by atoms with E-state index in [9.17, 15) is 23.3 Å². The number of carbonyl (C=O) groups excluding carboxylic acids is 1. The third-order valence-electron chi connectivity index (χ3n) is 13.6. The Hall–Kier alpha value is -5.63. The van der Waals surface area contributed by atoms with E-state index < -0.39 is 31.4 Å². The van der Waals surface area contributed by atoms with Crippen molar-refractivity contribution in [1.82, 2.24) is 34.3 Å². The van der Waals surface area contributed by atoms with E-state index >= 15 is 0 Å². The lowest BCUT2D eigenvalue weighted by atomic mass is 9.72. The van der Waals surface area contributed by atoms with Gasteiger partial charge in [-0.3, -0.25) is 19.8 Å². The molecule has 0 spiro atoms. The molecule has 0 radical (unpaired) electrons. The summed E-state index contributed by atoms with van der Waals surface area (Å²) in [5, 5.41) is 21.7. The summed E-state index contributed by atoms with van der Waals surface area (Å²) in [6.07, 6.45) is 6.44. The van der Waals surface area contributed by atoms with E-state index in [1.165, 1.54) is 28.8 Å². The molecule has 3 aromatic heterocycles. The summed E-state index contributed by atoms with van der Waals surface area (Å²) >= 11 is 6.27. The molecule has 0 bridgehead atoms. The lowest BCUT2D eigenvalue weighted by Crippen LogP contribution is -2.47. The highest BCUT2D eigenvalue weighted by Crippen LogP contribution is 2.43. The second-order valence-electron chi connectivity index (χ2n) is 18.9. The van der Waals surface area contributed by atoms with Gasteiger partial charge < -0.3 is 24.8 Å². The van der Waals surface area contributed by atoms with Crippen LogP contribution in [0.25, 0.3) is 33.3 Å². The molecule has 3 N–H and O–H groups in total. The smallest absolute Gasteiger partial charge is 0.293 e. The van der Waals surface area contributed by atoms with Crippen LogP contribution in [0, 0.1) is 21.4 Å². The maximum absolute atomic E-state index is 14.3. The zero-order valence-electron chi connectivity index (χ0n) is 38.3. The van der Waals surface area contributed by atoms with Crippen LogP contribution in [-0.4, -0.2) is 131 Å². The van der Waals surface area contributed by atoms with Crippen molar-refractivity contribution in [2.24, 2.45) is 11.3 Å². The zero-order chi connectivity index (χ0) is 47.0. The molecule has 9 rings (SSSR count). The molecule has 2 aliphatic heterocycles. The number of rotatable bonds is 13. The van der Waals surface area contributed by atoms with Crippen LogP contribution in [0.15, 0.2) is 95.7 Å². The van der Waals surface area contributed by atoms with Gasteiger partial charge in [0.1, 0.15) is 16.9 Å². The van der Waals surface area contributed by atoms with Gasteiger partial charge in [-0.15, -0.1) is 0 Å². The summed E-state index contributed by atoms with van der Waals surface area (Å²) in [5.41, 5.74) is 7.21. The van der Waals surface area contributed by atoms with E-state index in [-0.39, 0.29) is 28.7 Å². The highest BCUT2D eigenvalue weighted by molar-refractivity contribution is 7.90. The maximum Gasteiger partial charge on any atom is 0.293 e. The number of anilines is 2. The second-order valence-corrected chi connectivity index (χ2v) is 21.8. The van der Waals surface area contributed by atoms with Crippen LogP contribution in [0.4, 0.5) is 17.1 Å². The number of nitrogens with one attached hydrogen (secondary N) is 3. The Morgan fingerprint density at radius 1 is 1.04 bits per heavy atom. The number of nitro benzene ring substituents is 1. The van der Waals surface area contributed by atoms with Gasteiger partial charge >= 0.3 is 0 Å². The van der Waals surface area contributed by atoms with Crippen molar-refractivity contribution in [2.75, 3.05) is 76.2 Å². The Labute approximate surface area is 398 Å². The number of aromatic amines is 1. The predicted molar refractivity (Wildman–Crippen MR) is 267 cm³/mol. The fourth-order valence-electron chi connectivity index (χ4n) is 9.75. The number of hydrogen-bond acceptors (Lipinski definition) is 12. The van der Waals surface area contributed by atoms with Crippen LogP contribution in [0.1, 0.15) is 49.0 Å². The number of nitro groups is 1. The lowest BCUT2D eigenvalue weighted by molar-refractivity contribution is -0.384. The molecule has 6 aromatic rings. The summed E-state index contributed by atoms with van der Waals surface area (Å²) < 4.78 is 37.9. The van der Waals surface area contributed by atoms with Gasteiger partial charge in [0.2, 0.25) is 0 Å². The SMILES string of the molecule is CN1CCO[C@@H](CNc2ccc(S(=O)(=O)NC(=O)c3ccc(N4CCN(CC5=C(c6ccc(Cl)cc6)CC(C)(C)CC5)CC4)cc3-n3ncc4nc5[nH]ccc5cc43)cc2[N+](=O)[O-])C(C[SiH3])C1. The first-order valence-electron chi connectivity index (χ1n) is 22.9. The monoisotopic (exact) mass is 964 g/mol. The van der Waals surface area contributed by atoms with Gasteiger partial charge in [-0.25, -0.2) is 22.8 Å². The average molecular weight is 966 g/mol. The molecule has 352 valence electrons. The number of H-pyrrole nitrogens is 1. The minimum atomic E-state index is -4.60. The van der Waals surface area contributed by atoms with Crippen LogP contribution in [0.5, 0.6) is 0 Å². The number of sulfonamides is 1. The highest BCUT2D eigenvalue weighted by Gasteiger charge is 2.32. The fourth-order valence-corrected chi connectivity index (χ4v) is 11.6. The van der Waals surface area contributed by atoms with E-state index in [0.717, 1.165) is 104 Å². The molecule has 16 nitrogen and oxygen atoms in total. The van der Waals surface area contributed by atoms with Crippen molar-refractivity contribution in [3.05, 3.63) is 117 Å². The lowest BCUT2D eigenvalue weighted by Gasteiger charge is -2.39. The molecule has 2 atom stereocenters. The third kappa shape index (κ3) is 10.1. The number of ether oxygens (including phenoxy) is 1. The van der Waals surface area contributed by atoms with E-state index in [2.05, 4.69) is 67.8 Å². The number of aromatic nitrogens is 4. The summed E-state index contributed by atoms with van der Waals surface area (Å²) in [5.74, 6) is -0.645. The van der Waals surface area contributed by atoms with Gasteiger partial charge in [-0.2, -0.15) is 5.10 Å². The van der Waals surface area contributed by atoms with Gasteiger partial charge in [0.15, 0.2) is 0 Å². The quantitative estimate of drug-likeness (QED) is 0.0649. The predicted octanol–water partition coefficient (Wildman–Crippen LogP) is 6.51. The number of amides is 1. The maximum atomic E-state index is 14.3.